The summed E-state index contributed by atoms with van der Waals surface area (Å²) in [6, 6.07) is 21.9. The fourth-order valence-electron chi connectivity index (χ4n) is 3.05. The van der Waals surface area contributed by atoms with Gasteiger partial charge in [-0.05, 0) is 41.5 Å². The Hall–Kier alpha value is -3.31. The minimum Gasteiger partial charge on any atom is -0.454 e. The summed E-state index contributed by atoms with van der Waals surface area (Å²) in [4.78, 5) is 12.4. The van der Waals surface area contributed by atoms with Gasteiger partial charge in [-0.15, -0.1) is 0 Å². The van der Waals surface area contributed by atoms with Gasteiger partial charge in [-0.25, -0.2) is 0 Å². The number of rotatable bonds is 5. The number of ether oxygens (including phenoxy) is 2. The second kappa shape index (κ2) is 7.51. The van der Waals surface area contributed by atoms with Gasteiger partial charge in [-0.2, -0.15) is 0 Å². The molecule has 0 saturated carbocycles. The summed E-state index contributed by atoms with van der Waals surface area (Å²) >= 11 is 0. The van der Waals surface area contributed by atoms with Crippen LogP contribution in [0.25, 0.3) is 0 Å². The highest BCUT2D eigenvalue weighted by Gasteiger charge is 2.18. The third kappa shape index (κ3) is 3.78. The van der Waals surface area contributed by atoms with Crippen molar-refractivity contribution in [3.05, 3.63) is 89.5 Å². The van der Waals surface area contributed by atoms with E-state index in [2.05, 4.69) is 5.32 Å². The van der Waals surface area contributed by atoms with Crippen LogP contribution in [0.2, 0.25) is 0 Å². The van der Waals surface area contributed by atoms with Crippen LogP contribution in [0, 0.1) is 0 Å². The van der Waals surface area contributed by atoms with Gasteiger partial charge in [0.05, 0.1) is 6.10 Å². The zero-order valence-corrected chi connectivity index (χ0v) is 14.6. The lowest BCUT2D eigenvalue weighted by Gasteiger charge is -2.15. The van der Waals surface area contributed by atoms with Gasteiger partial charge in [-0.1, -0.05) is 42.5 Å². The van der Waals surface area contributed by atoms with Gasteiger partial charge in [0.15, 0.2) is 11.5 Å². The molecular formula is C22H19NO4. The quantitative estimate of drug-likeness (QED) is 0.722. The average molecular weight is 361 g/mol. The highest BCUT2D eigenvalue weighted by Crippen LogP contribution is 2.35. The van der Waals surface area contributed by atoms with E-state index in [1.807, 2.05) is 48.5 Å². The molecule has 0 radical (unpaired) electrons. The van der Waals surface area contributed by atoms with Crippen LogP contribution >= 0.6 is 0 Å². The van der Waals surface area contributed by atoms with Gasteiger partial charge in [-0.3, -0.25) is 4.79 Å². The Morgan fingerprint density at radius 3 is 2.56 bits per heavy atom. The maximum absolute atomic E-state index is 12.4. The van der Waals surface area contributed by atoms with Crippen LogP contribution in [0.1, 0.15) is 27.6 Å². The largest absolute Gasteiger partial charge is 0.454 e. The van der Waals surface area contributed by atoms with E-state index in [0.717, 1.165) is 11.1 Å². The molecule has 1 atom stereocenters. The molecule has 4 rings (SSSR count). The van der Waals surface area contributed by atoms with E-state index in [-0.39, 0.29) is 12.7 Å². The number of fused-ring (bicyclic) bond motifs is 1. The lowest BCUT2D eigenvalue weighted by molar-refractivity contribution is 0.102. The second-order valence-corrected chi connectivity index (χ2v) is 6.31. The Balaban J connectivity index is 1.52. The molecule has 1 heterocycles. The van der Waals surface area contributed by atoms with E-state index in [9.17, 15) is 9.90 Å². The number of nitrogens with one attached hydrogen (secondary N) is 1. The van der Waals surface area contributed by atoms with Crippen LogP contribution in [-0.2, 0) is 6.42 Å². The number of aliphatic hydroxyl groups excluding tert-OH is 1. The van der Waals surface area contributed by atoms with Crippen LogP contribution in [0.15, 0.2) is 72.8 Å². The number of hydrogen-bond donors (Lipinski definition) is 2. The molecule has 3 aromatic rings. The van der Waals surface area contributed by atoms with Crippen LogP contribution < -0.4 is 14.8 Å². The van der Waals surface area contributed by atoms with Crippen molar-refractivity contribution < 1.29 is 19.4 Å². The molecule has 0 fully saturated rings. The van der Waals surface area contributed by atoms with Crippen molar-refractivity contribution >= 4 is 11.6 Å². The molecule has 0 aliphatic carbocycles. The monoisotopic (exact) mass is 361 g/mol. The number of para-hydroxylation sites is 1. The average Bonchev–Trinajstić information content (AvgIpc) is 3.18. The van der Waals surface area contributed by atoms with Gasteiger partial charge in [0.25, 0.3) is 5.91 Å². The van der Waals surface area contributed by atoms with Crippen LogP contribution in [0.4, 0.5) is 5.69 Å². The molecule has 5 nitrogen and oxygen atoms in total. The zero-order chi connectivity index (χ0) is 18.6. The molecule has 2 N–H and O–H groups in total. The predicted octanol–water partition coefficient (Wildman–Crippen LogP) is 3.94. The summed E-state index contributed by atoms with van der Waals surface area (Å²) in [5.41, 5.74) is 2.87. The number of carbonyl (C=O) groups excluding carboxylic acids is 1. The molecule has 1 unspecified atom stereocenters. The first-order valence-electron chi connectivity index (χ1n) is 8.72. The first-order valence-corrected chi connectivity index (χ1v) is 8.72. The van der Waals surface area contributed by atoms with Crippen LogP contribution in [-0.4, -0.2) is 17.8 Å². The Morgan fingerprint density at radius 1 is 0.963 bits per heavy atom. The Bertz CT molecular complexity index is 956. The maximum Gasteiger partial charge on any atom is 0.255 e. The predicted molar refractivity (Wildman–Crippen MR) is 102 cm³/mol. The molecule has 27 heavy (non-hydrogen) atoms. The summed E-state index contributed by atoms with van der Waals surface area (Å²) in [5, 5.41) is 13.6. The molecule has 1 aliphatic heterocycles. The Morgan fingerprint density at radius 2 is 1.70 bits per heavy atom. The van der Waals surface area contributed by atoms with Gasteiger partial charge in [0.1, 0.15) is 0 Å². The number of anilines is 1. The van der Waals surface area contributed by atoms with Crippen molar-refractivity contribution in [2.75, 3.05) is 12.1 Å². The van der Waals surface area contributed by atoms with E-state index in [0.29, 0.717) is 29.2 Å². The summed E-state index contributed by atoms with van der Waals surface area (Å²) in [6.45, 7) is 0.198. The number of benzene rings is 3. The highest BCUT2D eigenvalue weighted by atomic mass is 16.7. The van der Waals surface area contributed by atoms with E-state index < -0.39 is 6.10 Å². The minimum atomic E-state index is -0.728. The smallest absolute Gasteiger partial charge is 0.255 e. The van der Waals surface area contributed by atoms with Gasteiger partial charge >= 0.3 is 0 Å². The standard InChI is InChI=1S/C22H19NO4/c24-19(17-10-11-20-21(13-17)27-14-26-20)12-16-8-4-5-9-18(16)23-22(25)15-6-2-1-3-7-15/h1-11,13,19,24H,12,14H2,(H,23,25). The number of carbonyl (C=O) groups is 1. The number of hydrogen-bond acceptors (Lipinski definition) is 4. The number of amides is 1. The summed E-state index contributed by atoms with van der Waals surface area (Å²) in [7, 11) is 0. The fourth-order valence-corrected chi connectivity index (χ4v) is 3.05. The SMILES string of the molecule is O=C(Nc1ccccc1CC(O)c1ccc2c(c1)OCO2)c1ccccc1. The molecule has 136 valence electrons. The van der Waals surface area contributed by atoms with Crippen molar-refractivity contribution in [2.24, 2.45) is 0 Å². The molecule has 1 amide bonds. The number of aliphatic hydroxyl groups is 1. The fraction of sp³-hybridized carbons (Fsp3) is 0.136. The molecule has 0 spiro atoms. The lowest BCUT2D eigenvalue weighted by Crippen LogP contribution is -2.14. The van der Waals surface area contributed by atoms with Crippen molar-refractivity contribution in [1.29, 1.82) is 0 Å². The van der Waals surface area contributed by atoms with Gasteiger partial charge in [0.2, 0.25) is 6.79 Å². The summed E-state index contributed by atoms with van der Waals surface area (Å²) in [5.74, 6) is 1.14. The summed E-state index contributed by atoms with van der Waals surface area (Å²) in [6.07, 6.45) is -0.362. The van der Waals surface area contributed by atoms with E-state index in [1.165, 1.54) is 0 Å². The van der Waals surface area contributed by atoms with Crippen molar-refractivity contribution in [1.82, 2.24) is 0 Å². The molecule has 0 bridgehead atoms. The Kier molecular flexibility index (Phi) is 4.77. The zero-order valence-electron chi connectivity index (χ0n) is 14.6. The topological polar surface area (TPSA) is 67.8 Å². The molecule has 0 saturated heterocycles. The van der Waals surface area contributed by atoms with E-state index in [1.54, 1.807) is 24.3 Å². The molecule has 1 aliphatic rings. The third-order valence-electron chi connectivity index (χ3n) is 4.50. The van der Waals surface area contributed by atoms with Gasteiger partial charge in [0, 0.05) is 17.7 Å². The van der Waals surface area contributed by atoms with Crippen LogP contribution in [0.3, 0.4) is 0 Å². The first-order chi connectivity index (χ1) is 13.2. The maximum atomic E-state index is 12.4. The normalized spacial score (nSPS) is 13.2. The first kappa shape index (κ1) is 17.1. The van der Waals surface area contributed by atoms with Gasteiger partial charge < -0.3 is 19.9 Å². The summed E-state index contributed by atoms with van der Waals surface area (Å²) < 4.78 is 10.7. The van der Waals surface area contributed by atoms with E-state index in [4.69, 9.17) is 9.47 Å². The molecule has 5 heteroatoms. The Labute approximate surface area is 157 Å². The third-order valence-corrected chi connectivity index (χ3v) is 4.50. The van der Waals surface area contributed by atoms with Crippen LogP contribution in [0.5, 0.6) is 11.5 Å². The highest BCUT2D eigenvalue weighted by molar-refractivity contribution is 6.04. The lowest BCUT2D eigenvalue weighted by atomic mass is 9.99. The second-order valence-electron chi connectivity index (χ2n) is 6.31. The minimum absolute atomic E-state index is 0.180. The van der Waals surface area contributed by atoms with Crippen molar-refractivity contribution in [3.63, 3.8) is 0 Å². The van der Waals surface area contributed by atoms with Crippen molar-refractivity contribution in [3.8, 4) is 11.5 Å². The van der Waals surface area contributed by atoms with Crippen molar-refractivity contribution in [2.45, 2.75) is 12.5 Å². The molecule has 0 aromatic heterocycles. The molecule has 3 aromatic carbocycles. The van der Waals surface area contributed by atoms with E-state index >= 15 is 0 Å². The molecular weight excluding hydrogens is 342 g/mol.